The van der Waals surface area contributed by atoms with Crippen LogP contribution in [0.2, 0.25) is 0 Å². The van der Waals surface area contributed by atoms with Crippen molar-refractivity contribution in [2.24, 2.45) is 5.41 Å². The average Bonchev–Trinajstić information content (AvgIpc) is 3.23. The summed E-state index contributed by atoms with van der Waals surface area (Å²) in [6, 6.07) is 18.8. The van der Waals surface area contributed by atoms with E-state index in [2.05, 4.69) is 113 Å². The van der Waals surface area contributed by atoms with Gasteiger partial charge in [0.15, 0.2) is 0 Å². The monoisotopic (exact) mass is 645 g/mol. The normalized spacial score (nSPS) is 13.6. The smallest absolute Gasteiger partial charge is 0.416 e. The van der Waals surface area contributed by atoms with Gasteiger partial charge in [0.1, 0.15) is 11.6 Å². The highest BCUT2D eigenvalue weighted by atomic mass is 19.4. The number of benzene rings is 4. The van der Waals surface area contributed by atoms with Crippen molar-refractivity contribution in [1.82, 2.24) is 4.57 Å². The first-order valence-corrected chi connectivity index (χ1v) is 16.2. The highest BCUT2D eigenvalue weighted by Crippen LogP contribution is 2.46. The van der Waals surface area contributed by atoms with Gasteiger partial charge in [-0.15, -0.1) is 0 Å². The summed E-state index contributed by atoms with van der Waals surface area (Å²) in [6.45, 7) is 23.6. The van der Waals surface area contributed by atoms with Crippen LogP contribution in [-0.4, -0.2) is 9.67 Å². The Labute approximate surface area is 276 Å². The van der Waals surface area contributed by atoms with E-state index < -0.39 is 23.0 Å². The van der Waals surface area contributed by atoms with Gasteiger partial charge in [-0.05, 0) is 105 Å². The van der Waals surface area contributed by atoms with Crippen LogP contribution in [0.1, 0.15) is 105 Å². The Hall–Kier alpha value is -3.80. The number of fused-ring (bicyclic) bond motifs is 3. The number of nitrogens with zero attached hydrogens (tertiary/aromatic N) is 1. The third kappa shape index (κ3) is 6.79. The minimum absolute atomic E-state index is 0.0321. The second-order valence-electron chi connectivity index (χ2n) is 17.0. The Morgan fingerprint density at radius 1 is 0.596 bits per heavy atom. The molecule has 0 saturated heterocycles. The molecule has 0 aliphatic heterocycles. The fourth-order valence-electron chi connectivity index (χ4n) is 6.95. The number of aromatic nitrogens is 1. The van der Waals surface area contributed by atoms with Crippen LogP contribution in [0, 0.1) is 11.2 Å². The molecule has 5 rings (SSSR count). The van der Waals surface area contributed by atoms with Crippen molar-refractivity contribution in [3.05, 3.63) is 94.8 Å². The molecule has 0 saturated carbocycles. The predicted octanol–water partition coefficient (Wildman–Crippen LogP) is 12.6. The summed E-state index contributed by atoms with van der Waals surface area (Å²) >= 11 is 0. The average molecular weight is 646 g/mol. The van der Waals surface area contributed by atoms with Gasteiger partial charge in [-0.25, -0.2) is 4.39 Å². The lowest BCUT2D eigenvalue weighted by Gasteiger charge is -2.34. The van der Waals surface area contributed by atoms with Crippen molar-refractivity contribution in [3.63, 3.8) is 0 Å². The lowest BCUT2D eigenvalue weighted by molar-refractivity contribution is -0.137. The number of hydrogen-bond acceptors (Lipinski definition) is 1. The molecule has 0 unspecified atom stereocenters. The van der Waals surface area contributed by atoms with Gasteiger partial charge < -0.3 is 9.67 Å². The van der Waals surface area contributed by atoms with E-state index in [4.69, 9.17) is 0 Å². The van der Waals surface area contributed by atoms with Crippen molar-refractivity contribution in [2.45, 2.75) is 105 Å². The molecule has 1 N–H and O–H groups in total. The zero-order valence-corrected chi connectivity index (χ0v) is 29.5. The second-order valence-corrected chi connectivity index (χ2v) is 17.0. The molecule has 1 aromatic heterocycles. The SMILES string of the molecule is CC(C)(C)CC(C)(C)c1cc(-c2cc(F)cc(C(F)(F)F)c2)c(O)c(-n2c3ccc(C(C)(C)C)cc3c3cc(C(C)(C)C)ccc32)c1. The van der Waals surface area contributed by atoms with Crippen molar-refractivity contribution < 1.29 is 22.7 Å². The third-order valence-electron chi connectivity index (χ3n) is 9.12. The van der Waals surface area contributed by atoms with E-state index in [1.807, 2.05) is 10.6 Å². The molecule has 47 heavy (non-hydrogen) atoms. The van der Waals surface area contributed by atoms with E-state index in [1.54, 1.807) is 6.07 Å². The fourth-order valence-corrected chi connectivity index (χ4v) is 6.95. The standard InChI is InChI=1S/C41H47F4NO/c1-37(2,3)23-40(10,11)27-21-30(24-16-28(41(43,44)45)18-29(42)17-24)36(47)35(22-27)46-33-14-12-25(38(4,5)6)19-31(33)32-20-26(39(7,8)9)13-15-34(32)46/h12-22,47H,23H2,1-11H3. The quantitative estimate of drug-likeness (QED) is 0.193. The first kappa shape index (κ1) is 34.5. The van der Waals surface area contributed by atoms with Gasteiger partial charge in [-0.3, -0.25) is 0 Å². The van der Waals surface area contributed by atoms with Crippen molar-refractivity contribution in [3.8, 4) is 22.6 Å². The van der Waals surface area contributed by atoms with Crippen LogP contribution in [0.15, 0.2) is 66.7 Å². The van der Waals surface area contributed by atoms with Gasteiger partial charge in [0.2, 0.25) is 0 Å². The van der Waals surface area contributed by atoms with Gasteiger partial charge >= 0.3 is 6.18 Å². The van der Waals surface area contributed by atoms with Crippen LogP contribution in [0.4, 0.5) is 17.6 Å². The highest BCUT2D eigenvalue weighted by molar-refractivity contribution is 6.10. The largest absolute Gasteiger partial charge is 0.505 e. The minimum atomic E-state index is -4.75. The van der Waals surface area contributed by atoms with Gasteiger partial charge in [0, 0.05) is 16.3 Å². The molecule has 4 aromatic carbocycles. The summed E-state index contributed by atoms with van der Waals surface area (Å²) in [5, 5.41) is 14.1. The maximum absolute atomic E-state index is 14.8. The lowest BCUT2D eigenvalue weighted by atomic mass is 9.71. The molecule has 0 atom stereocenters. The first-order chi connectivity index (χ1) is 21.4. The number of halogens is 4. The molecular formula is C41H47F4NO. The van der Waals surface area contributed by atoms with Crippen molar-refractivity contribution in [1.29, 1.82) is 0 Å². The van der Waals surface area contributed by atoms with Gasteiger partial charge in [0.05, 0.1) is 22.3 Å². The molecule has 5 aromatic rings. The summed E-state index contributed by atoms with van der Waals surface area (Å²) in [5.41, 5.74) is 3.61. The Morgan fingerprint density at radius 2 is 1.11 bits per heavy atom. The predicted molar refractivity (Wildman–Crippen MR) is 187 cm³/mol. The number of phenolic OH excluding ortho intramolecular Hbond substituents is 1. The summed E-state index contributed by atoms with van der Waals surface area (Å²) in [4.78, 5) is 0. The molecule has 0 amide bonds. The summed E-state index contributed by atoms with van der Waals surface area (Å²) in [5.74, 6) is -1.23. The molecule has 2 nitrogen and oxygen atoms in total. The van der Waals surface area contributed by atoms with Crippen LogP contribution in [0.3, 0.4) is 0 Å². The van der Waals surface area contributed by atoms with E-state index in [0.29, 0.717) is 11.8 Å². The third-order valence-corrected chi connectivity index (χ3v) is 9.12. The summed E-state index contributed by atoms with van der Waals surface area (Å²) in [6.07, 6.45) is -3.99. The van der Waals surface area contributed by atoms with E-state index >= 15 is 0 Å². The Balaban J connectivity index is 1.93. The maximum atomic E-state index is 14.8. The zero-order valence-electron chi connectivity index (χ0n) is 29.5. The van der Waals surface area contributed by atoms with Crippen LogP contribution >= 0.6 is 0 Å². The number of phenols is 1. The number of aromatic hydroxyl groups is 1. The van der Waals surface area contributed by atoms with Crippen LogP contribution in [0.25, 0.3) is 38.6 Å². The van der Waals surface area contributed by atoms with Gasteiger partial charge in [-0.2, -0.15) is 13.2 Å². The van der Waals surface area contributed by atoms with Gasteiger partial charge in [0.25, 0.3) is 0 Å². The van der Waals surface area contributed by atoms with E-state index in [0.717, 1.165) is 57.0 Å². The molecule has 6 heteroatoms. The molecule has 0 aliphatic rings. The molecular weight excluding hydrogens is 598 g/mol. The summed E-state index contributed by atoms with van der Waals surface area (Å²) in [7, 11) is 0. The Kier molecular flexibility index (Phi) is 8.18. The van der Waals surface area contributed by atoms with E-state index in [9.17, 15) is 22.7 Å². The minimum Gasteiger partial charge on any atom is -0.505 e. The number of rotatable bonds is 4. The summed E-state index contributed by atoms with van der Waals surface area (Å²) < 4.78 is 58.4. The molecule has 0 fully saturated rings. The topological polar surface area (TPSA) is 25.2 Å². The molecule has 0 radical (unpaired) electrons. The van der Waals surface area contributed by atoms with E-state index in [-0.39, 0.29) is 33.1 Å². The molecule has 0 bridgehead atoms. The fraction of sp³-hybridized carbons (Fsp3) is 0.415. The molecule has 0 aliphatic carbocycles. The molecule has 250 valence electrons. The van der Waals surface area contributed by atoms with Crippen LogP contribution < -0.4 is 0 Å². The highest BCUT2D eigenvalue weighted by Gasteiger charge is 2.33. The molecule has 0 spiro atoms. The Morgan fingerprint density at radius 3 is 1.55 bits per heavy atom. The van der Waals surface area contributed by atoms with Crippen molar-refractivity contribution in [2.75, 3.05) is 0 Å². The lowest BCUT2D eigenvalue weighted by Crippen LogP contribution is -2.25. The first-order valence-electron chi connectivity index (χ1n) is 16.2. The molecule has 1 heterocycles. The number of hydrogen-bond donors (Lipinski definition) is 1. The van der Waals surface area contributed by atoms with E-state index in [1.165, 1.54) is 0 Å². The van der Waals surface area contributed by atoms with Gasteiger partial charge in [-0.1, -0.05) is 88.3 Å². The van der Waals surface area contributed by atoms with Crippen LogP contribution in [0.5, 0.6) is 5.75 Å². The zero-order chi connectivity index (χ0) is 35.1. The Bertz CT molecular complexity index is 1920. The maximum Gasteiger partial charge on any atom is 0.416 e. The van der Waals surface area contributed by atoms with Crippen LogP contribution in [-0.2, 0) is 22.4 Å². The number of alkyl halides is 3. The second kappa shape index (κ2) is 11.1. The van der Waals surface area contributed by atoms with Crippen molar-refractivity contribution >= 4 is 21.8 Å².